The van der Waals surface area contributed by atoms with Crippen molar-refractivity contribution < 1.29 is 18.4 Å². The number of rotatable bonds is 6. The first kappa shape index (κ1) is 23.0. The maximum absolute atomic E-state index is 13.1. The lowest BCUT2D eigenvalue weighted by Gasteiger charge is -2.36. The standard InChI is InChI=1S/C25H30F2N4O2/c26-20-4-8-22(9-5-20)28-12-16-30(17-13-28)24(32)2-1-3-25(33)31-18-14-29(15-19-31)23-10-6-21(27)7-11-23/h4-11H,1-3,12-19H2. The molecule has 0 aliphatic carbocycles. The van der Waals surface area contributed by atoms with E-state index in [-0.39, 0.29) is 23.4 Å². The summed E-state index contributed by atoms with van der Waals surface area (Å²) in [5.74, 6) is -0.334. The SMILES string of the molecule is O=C(CCCC(=O)N1CCN(c2ccc(F)cc2)CC1)N1CCN(c2ccc(F)cc2)CC1. The molecule has 4 rings (SSSR count). The molecular weight excluding hydrogens is 426 g/mol. The Morgan fingerprint density at radius 2 is 0.909 bits per heavy atom. The fourth-order valence-electron chi connectivity index (χ4n) is 4.44. The minimum atomic E-state index is -0.253. The Balaban J connectivity index is 1.14. The normalized spacial score (nSPS) is 16.8. The van der Waals surface area contributed by atoms with Gasteiger partial charge in [-0.3, -0.25) is 9.59 Å². The molecule has 2 aliphatic heterocycles. The Morgan fingerprint density at radius 3 is 1.24 bits per heavy atom. The van der Waals surface area contributed by atoms with Crippen LogP contribution in [0.1, 0.15) is 19.3 Å². The zero-order chi connectivity index (χ0) is 23.2. The van der Waals surface area contributed by atoms with Crippen LogP contribution in [0.15, 0.2) is 48.5 Å². The molecule has 6 nitrogen and oxygen atoms in total. The zero-order valence-electron chi connectivity index (χ0n) is 18.8. The van der Waals surface area contributed by atoms with Crippen molar-refractivity contribution >= 4 is 23.2 Å². The molecule has 176 valence electrons. The third-order valence-corrected chi connectivity index (χ3v) is 6.43. The highest BCUT2D eigenvalue weighted by atomic mass is 19.1. The Bertz CT molecular complexity index is 858. The van der Waals surface area contributed by atoms with Gasteiger partial charge in [0, 0.05) is 76.6 Å². The van der Waals surface area contributed by atoms with Gasteiger partial charge < -0.3 is 19.6 Å². The Labute approximate surface area is 193 Å². The summed E-state index contributed by atoms with van der Waals surface area (Å²) in [6, 6.07) is 12.9. The van der Waals surface area contributed by atoms with Crippen LogP contribution >= 0.6 is 0 Å². The van der Waals surface area contributed by atoms with Crippen LogP contribution in [0.5, 0.6) is 0 Å². The van der Waals surface area contributed by atoms with E-state index in [9.17, 15) is 18.4 Å². The first-order valence-corrected chi connectivity index (χ1v) is 11.6. The number of halogens is 2. The van der Waals surface area contributed by atoms with Crippen molar-refractivity contribution in [3.05, 3.63) is 60.2 Å². The summed E-state index contributed by atoms with van der Waals surface area (Å²) in [5, 5.41) is 0. The molecule has 0 radical (unpaired) electrons. The number of carbonyl (C=O) groups excluding carboxylic acids is 2. The Hall–Kier alpha value is -3.16. The van der Waals surface area contributed by atoms with E-state index >= 15 is 0 Å². The first-order chi connectivity index (χ1) is 16.0. The van der Waals surface area contributed by atoms with Crippen LogP contribution in [-0.4, -0.2) is 74.0 Å². The fraction of sp³-hybridized carbons (Fsp3) is 0.440. The molecule has 2 amide bonds. The van der Waals surface area contributed by atoms with Crippen LogP contribution in [0, 0.1) is 11.6 Å². The number of anilines is 2. The topological polar surface area (TPSA) is 47.1 Å². The van der Waals surface area contributed by atoms with Gasteiger partial charge in [0.2, 0.25) is 11.8 Å². The summed E-state index contributed by atoms with van der Waals surface area (Å²) in [4.78, 5) is 33.1. The molecule has 0 saturated carbocycles. The molecule has 0 bridgehead atoms. The maximum Gasteiger partial charge on any atom is 0.222 e. The van der Waals surface area contributed by atoms with Crippen molar-refractivity contribution in [2.45, 2.75) is 19.3 Å². The summed E-state index contributed by atoms with van der Waals surface area (Å²) in [6.07, 6.45) is 1.30. The van der Waals surface area contributed by atoms with E-state index in [4.69, 9.17) is 0 Å². The number of hydrogen-bond acceptors (Lipinski definition) is 4. The highest BCUT2D eigenvalue weighted by molar-refractivity contribution is 5.79. The van der Waals surface area contributed by atoms with E-state index in [1.54, 1.807) is 24.3 Å². The molecule has 0 atom stereocenters. The number of benzene rings is 2. The third kappa shape index (κ3) is 6.00. The van der Waals surface area contributed by atoms with Gasteiger partial charge in [-0.15, -0.1) is 0 Å². The molecule has 2 fully saturated rings. The molecule has 8 heteroatoms. The molecule has 33 heavy (non-hydrogen) atoms. The lowest BCUT2D eigenvalue weighted by atomic mass is 10.1. The number of amides is 2. The minimum absolute atomic E-state index is 0.0858. The molecule has 0 unspecified atom stereocenters. The van der Waals surface area contributed by atoms with Crippen LogP contribution in [-0.2, 0) is 9.59 Å². The van der Waals surface area contributed by atoms with E-state index in [2.05, 4.69) is 9.80 Å². The van der Waals surface area contributed by atoms with E-state index < -0.39 is 0 Å². The third-order valence-electron chi connectivity index (χ3n) is 6.43. The van der Waals surface area contributed by atoms with Crippen LogP contribution < -0.4 is 9.80 Å². The summed E-state index contributed by atoms with van der Waals surface area (Å²) in [5.41, 5.74) is 1.93. The van der Waals surface area contributed by atoms with Crippen molar-refractivity contribution in [2.75, 3.05) is 62.2 Å². The van der Waals surface area contributed by atoms with Crippen LogP contribution in [0.2, 0.25) is 0 Å². The van der Waals surface area contributed by atoms with Gasteiger partial charge in [-0.25, -0.2) is 8.78 Å². The molecule has 2 heterocycles. The van der Waals surface area contributed by atoms with E-state index in [1.165, 1.54) is 24.3 Å². The average molecular weight is 457 g/mol. The highest BCUT2D eigenvalue weighted by Crippen LogP contribution is 2.19. The van der Waals surface area contributed by atoms with Gasteiger partial charge in [0.1, 0.15) is 11.6 Å². The lowest BCUT2D eigenvalue weighted by Crippen LogP contribution is -2.49. The summed E-state index contributed by atoms with van der Waals surface area (Å²) in [6.45, 7) is 5.41. The second-order valence-corrected chi connectivity index (χ2v) is 8.54. The molecule has 0 aromatic heterocycles. The molecule has 0 N–H and O–H groups in total. The summed E-state index contributed by atoms with van der Waals surface area (Å²) >= 11 is 0. The molecule has 0 spiro atoms. The van der Waals surface area contributed by atoms with Gasteiger partial charge in [0.05, 0.1) is 0 Å². The molecule has 2 aliphatic rings. The fourth-order valence-corrected chi connectivity index (χ4v) is 4.44. The highest BCUT2D eigenvalue weighted by Gasteiger charge is 2.23. The second-order valence-electron chi connectivity index (χ2n) is 8.54. The van der Waals surface area contributed by atoms with Crippen molar-refractivity contribution in [3.63, 3.8) is 0 Å². The number of hydrogen-bond donors (Lipinski definition) is 0. The van der Waals surface area contributed by atoms with E-state index in [0.717, 1.165) is 11.4 Å². The monoisotopic (exact) mass is 456 g/mol. The van der Waals surface area contributed by atoms with Crippen LogP contribution in [0.3, 0.4) is 0 Å². The second kappa shape index (κ2) is 10.6. The van der Waals surface area contributed by atoms with Crippen LogP contribution in [0.25, 0.3) is 0 Å². The largest absolute Gasteiger partial charge is 0.368 e. The predicted molar refractivity (Wildman–Crippen MR) is 124 cm³/mol. The smallest absolute Gasteiger partial charge is 0.222 e. The number of carbonyl (C=O) groups is 2. The maximum atomic E-state index is 13.1. The van der Waals surface area contributed by atoms with Crippen LogP contribution in [0.4, 0.5) is 20.2 Å². The predicted octanol–water partition coefficient (Wildman–Crippen LogP) is 3.13. The van der Waals surface area contributed by atoms with Gasteiger partial charge in [-0.05, 0) is 55.0 Å². The van der Waals surface area contributed by atoms with Gasteiger partial charge in [-0.2, -0.15) is 0 Å². The summed E-state index contributed by atoms with van der Waals surface area (Å²) < 4.78 is 26.2. The van der Waals surface area contributed by atoms with Crippen molar-refractivity contribution in [1.29, 1.82) is 0 Å². The summed E-state index contributed by atoms with van der Waals surface area (Å²) in [7, 11) is 0. The van der Waals surface area contributed by atoms with E-state index in [0.29, 0.717) is 71.6 Å². The van der Waals surface area contributed by atoms with Crippen molar-refractivity contribution in [1.82, 2.24) is 9.80 Å². The minimum Gasteiger partial charge on any atom is -0.368 e. The molecule has 2 aromatic carbocycles. The van der Waals surface area contributed by atoms with Crippen molar-refractivity contribution in [3.8, 4) is 0 Å². The van der Waals surface area contributed by atoms with Gasteiger partial charge in [-0.1, -0.05) is 0 Å². The van der Waals surface area contributed by atoms with Gasteiger partial charge in [0.15, 0.2) is 0 Å². The zero-order valence-corrected chi connectivity index (χ0v) is 18.8. The van der Waals surface area contributed by atoms with E-state index in [1.807, 2.05) is 9.80 Å². The quantitative estimate of drug-likeness (QED) is 0.670. The number of nitrogens with zero attached hydrogens (tertiary/aromatic N) is 4. The lowest BCUT2D eigenvalue weighted by molar-refractivity contribution is -0.133. The van der Waals surface area contributed by atoms with Gasteiger partial charge >= 0.3 is 0 Å². The molecule has 2 saturated heterocycles. The average Bonchev–Trinajstić information content (AvgIpc) is 2.85. The Kier molecular flexibility index (Phi) is 7.42. The first-order valence-electron chi connectivity index (χ1n) is 11.6. The Morgan fingerprint density at radius 1 is 0.576 bits per heavy atom. The number of piperazine rings is 2. The van der Waals surface area contributed by atoms with Gasteiger partial charge in [0.25, 0.3) is 0 Å². The molecule has 2 aromatic rings. The van der Waals surface area contributed by atoms with Crippen molar-refractivity contribution in [2.24, 2.45) is 0 Å². The molecular formula is C25H30F2N4O2.